The van der Waals surface area contributed by atoms with Crippen LogP contribution in [-0.4, -0.2) is 42.6 Å². The number of halogens is 1. The van der Waals surface area contributed by atoms with Gasteiger partial charge in [0.1, 0.15) is 5.75 Å². The van der Waals surface area contributed by atoms with Crippen molar-refractivity contribution in [3.05, 3.63) is 29.8 Å². The average Bonchev–Trinajstić information content (AvgIpc) is 3.06. The van der Waals surface area contributed by atoms with Crippen LogP contribution >= 0.6 is 12.4 Å². The second kappa shape index (κ2) is 9.28. The normalized spacial score (nSPS) is 21.4. The number of amides is 1. The Morgan fingerprint density at radius 2 is 2.12 bits per heavy atom. The van der Waals surface area contributed by atoms with Crippen molar-refractivity contribution in [2.75, 3.05) is 19.6 Å². The summed E-state index contributed by atoms with van der Waals surface area (Å²) in [6.45, 7) is 4.68. The predicted octanol–water partition coefficient (Wildman–Crippen LogP) is 3.18. The molecule has 1 unspecified atom stereocenters. The Balaban J connectivity index is 0.00000208. The fourth-order valence-electron chi connectivity index (χ4n) is 3.54. The van der Waals surface area contributed by atoms with Crippen molar-refractivity contribution in [3.8, 4) is 5.75 Å². The third-order valence-electron chi connectivity index (χ3n) is 4.85. The molecule has 3 rings (SSSR count). The van der Waals surface area contributed by atoms with Gasteiger partial charge in [0, 0.05) is 32.1 Å². The first-order valence-electron chi connectivity index (χ1n) is 8.97. The number of carbonyl (C=O) groups is 1. The fraction of sp³-hybridized carbons (Fsp3) is 0.632. The predicted molar refractivity (Wildman–Crippen MR) is 98.9 cm³/mol. The average molecular weight is 353 g/mol. The topological polar surface area (TPSA) is 41.6 Å². The number of carbonyl (C=O) groups excluding carboxylic acids is 1. The Hall–Kier alpha value is -1.26. The van der Waals surface area contributed by atoms with Crippen molar-refractivity contribution in [1.82, 2.24) is 10.2 Å². The number of piperazine rings is 1. The van der Waals surface area contributed by atoms with Crippen LogP contribution in [0.1, 0.15) is 44.6 Å². The molecule has 1 N–H and O–H groups in total. The summed E-state index contributed by atoms with van der Waals surface area (Å²) in [6.07, 6.45) is 6.66. The van der Waals surface area contributed by atoms with Crippen molar-refractivity contribution in [3.63, 3.8) is 0 Å². The molecule has 0 aromatic heterocycles. The molecule has 0 spiro atoms. The first-order chi connectivity index (χ1) is 11.2. The molecule has 1 aliphatic carbocycles. The van der Waals surface area contributed by atoms with Gasteiger partial charge in [-0.25, -0.2) is 0 Å². The van der Waals surface area contributed by atoms with E-state index in [0.29, 0.717) is 18.6 Å². The van der Waals surface area contributed by atoms with E-state index in [2.05, 4.69) is 24.4 Å². The lowest BCUT2D eigenvalue weighted by atomic mass is 10.1. The molecular formula is C19H29ClN2O2. The van der Waals surface area contributed by atoms with Crippen LogP contribution in [0.4, 0.5) is 0 Å². The largest absolute Gasteiger partial charge is 0.490 e. The minimum Gasteiger partial charge on any atom is -0.490 e. The molecule has 1 aromatic carbocycles. The quantitative estimate of drug-likeness (QED) is 0.884. The number of benzene rings is 1. The molecule has 0 radical (unpaired) electrons. The van der Waals surface area contributed by atoms with Crippen molar-refractivity contribution in [2.24, 2.45) is 0 Å². The van der Waals surface area contributed by atoms with E-state index in [1.807, 2.05) is 17.0 Å². The maximum atomic E-state index is 12.3. The van der Waals surface area contributed by atoms with E-state index in [4.69, 9.17) is 4.74 Å². The lowest BCUT2D eigenvalue weighted by Crippen LogP contribution is -2.51. The van der Waals surface area contributed by atoms with Gasteiger partial charge in [-0.3, -0.25) is 4.79 Å². The number of nitrogens with one attached hydrogen (secondary N) is 1. The zero-order valence-corrected chi connectivity index (χ0v) is 15.3. The lowest BCUT2D eigenvalue weighted by Gasteiger charge is -2.32. The summed E-state index contributed by atoms with van der Waals surface area (Å²) >= 11 is 0. The van der Waals surface area contributed by atoms with Gasteiger partial charge in [-0.2, -0.15) is 0 Å². The molecule has 0 bridgehead atoms. The SMILES string of the molecule is CC1CN(C(=O)CCc2cccc(OC3CCCC3)c2)CCN1.Cl. The first-order valence-corrected chi connectivity index (χ1v) is 8.97. The van der Waals surface area contributed by atoms with Crippen molar-refractivity contribution >= 4 is 18.3 Å². The maximum absolute atomic E-state index is 12.3. The van der Waals surface area contributed by atoms with E-state index in [9.17, 15) is 4.79 Å². The summed E-state index contributed by atoms with van der Waals surface area (Å²) in [4.78, 5) is 14.3. The summed E-state index contributed by atoms with van der Waals surface area (Å²) in [5, 5.41) is 3.37. The molecule has 2 fully saturated rings. The van der Waals surface area contributed by atoms with E-state index in [0.717, 1.165) is 31.8 Å². The second-order valence-corrected chi connectivity index (χ2v) is 6.87. The van der Waals surface area contributed by atoms with Gasteiger partial charge in [0.15, 0.2) is 0 Å². The van der Waals surface area contributed by atoms with Crippen LogP contribution in [0.25, 0.3) is 0 Å². The van der Waals surface area contributed by atoms with Gasteiger partial charge in [0.25, 0.3) is 0 Å². The lowest BCUT2D eigenvalue weighted by molar-refractivity contribution is -0.132. The van der Waals surface area contributed by atoms with Gasteiger partial charge >= 0.3 is 0 Å². The van der Waals surface area contributed by atoms with Crippen LogP contribution in [0.2, 0.25) is 0 Å². The minimum absolute atomic E-state index is 0. The van der Waals surface area contributed by atoms with Crippen LogP contribution in [0, 0.1) is 0 Å². The summed E-state index contributed by atoms with van der Waals surface area (Å²) in [5.74, 6) is 1.22. The van der Waals surface area contributed by atoms with E-state index in [1.165, 1.54) is 31.2 Å². The van der Waals surface area contributed by atoms with E-state index in [-0.39, 0.29) is 18.3 Å². The highest BCUT2D eigenvalue weighted by Crippen LogP contribution is 2.24. The van der Waals surface area contributed by atoms with Crippen molar-refractivity contribution < 1.29 is 9.53 Å². The smallest absolute Gasteiger partial charge is 0.222 e. The minimum atomic E-state index is 0. The third-order valence-corrected chi connectivity index (χ3v) is 4.85. The summed E-state index contributed by atoms with van der Waals surface area (Å²) in [7, 11) is 0. The van der Waals surface area contributed by atoms with E-state index >= 15 is 0 Å². The van der Waals surface area contributed by atoms with Gasteiger partial charge < -0.3 is 15.0 Å². The fourth-order valence-corrected chi connectivity index (χ4v) is 3.54. The molecule has 1 saturated carbocycles. The van der Waals surface area contributed by atoms with Crippen molar-refractivity contribution in [1.29, 1.82) is 0 Å². The number of nitrogens with zero attached hydrogens (tertiary/aromatic N) is 1. The highest BCUT2D eigenvalue weighted by molar-refractivity contribution is 5.85. The summed E-state index contributed by atoms with van der Waals surface area (Å²) in [6, 6.07) is 8.66. The zero-order chi connectivity index (χ0) is 16.1. The summed E-state index contributed by atoms with van der Waals surface area (Å²) in [5.41, 5.74) is 1.19. The second-order valence-electron chi connectivity index (χ2n) is 6.87. The Morgan fingerprint density at radius 1 is 1.33 bits per heavy atom. The van der Waals surface area contributed by atoms with Gasteiger partial charge in [-0.1, -0.05) is 12.1 Å². The van der Waals surface area contributed by atoms with Crippen LogP contribution in [-0.2, 0) is 11.2 Å². The third kappa shape index (κ3) is 5.38. The number of hydrogen-bond donors (Lipinski definition) is 1. The van der Waals surface area contributed by atoms with Gasteiger partial charge in [-0.05, 0) is 56.7 Å². The Morgan fingerprint density at radius 3 is 2.88 bits per heavy atom. The number of ether oxygens (including phenoxy) is 1. The molecule has 134 valence electrons. The van der Waals surface area contributed by atoms with Crippen LogP contribution in [0.5, 0.6) is 5.75 Å². The van der Waals surface area contributed by atoms with Gasteiger partial charge in [0.2, 0.25) is 5.91 Å². The highest BCUT2D eigenvalue weighted by atomic mass is 35.5. The van der Waals surface area contributed by atoms with Crippen molar-refractivity contribution in [2.45, 2.75) is 57.6 Å². The summed E-state index contributed by atoms with van der Waals surface area (Å²) < 4.78 is 6.05. The molecule has 1 heterocycles. The molecule has 2 aliphatic rings. The first kappa shape index (κ1) is 19.1. The van der Waals surface area contributed by atoms with Crippen LogP contribution in [0.15, 0.2) is 24.3 Å². The molecule has 1 amide bonds. The van der Waals surface area contributed by atoms with Crippen LogP contribution in [0.3, 0.4) is 0 Å². The number of rotatable bonds is 5. The molecule has 4 nitrogen and oxygen atoms in total. The van der Waals surface area contributed by atoms with E-state index in [1.54, 1.807) is 0 Å². The molecule has 1 atom stereocenters. The molecular weight excluding hydrogens is 324 g/mol. The Kier molecular flexibility index (Phi) is 7.38. The Labute approximate surface area is 151 Å². The van der Waals surface area contributed by atoms with E-state index < -0.39 is 0 Å². The monoisotopic (exact) mass is 352 g/mol. The molecule has 24 heavy (non-hydrogen) atoms. The van der Waals surface area contributed by atoms with Gasteiger partial charge in [-0.15, -0.1) is 12.4 Å². The zero-order valence-electron chi connectivity index (χ0n) is 14.5. The maximum Gasteiger partial charge on any atom is 0.222 e. The molecule has 5 heteroatoms. The number of aryl methyl sites for hydroxylation is 1. The number of hydrogen-bond acceptors (Lipinski definition) is 3. The van der Waals surface area contributed by atoms with Crippen LogP contribution < -0.4 is 10.1 Å². The molecule has 1 aromatic rings. The molecule has 1 aliphatic heterocycles. The standard InChI is InChI=1S/C19H28N2O2.ClH/c1-15-14-21(12-11-20-15)19(22)10-9-16-5-4-8-18(13-16)23-17-6-2-3-7-17;/h4-5,8,13,15,17,20H,2-3,6-7,9-12,14H2,1H3;1H. The highest BCUT2D eigenvalue weighted by Gasteiger charge is 2.20. The van der Waals surface area contributed by atoms with Gasteiger partial charge in [0.05, 0.1) is 6.10 Å². The molecule has 1 saturated heterocycles. The Bertz CT molecular complexity index is 532.